The Morgan fingerprint density at radius 1 is 1.17 bits per heavy atom. The van der Waals surface area contributed by atoms with E-state index in [1.807, 2.05) is 4.90 Å². The first-order chi connectivity index (χ1) is 14.0. The van der Waals surface area contributed by atoms with Crippen molar-refractivity contribution in [1.82, 2.24) is 20.4 Å². The Kier molecular flexibility index (Phi) is 10.5. The fourth-order valence-corrected chi connectivity index (χ4v) is 3.97. The molecule has 2 N–H and O–H groups in total. The van der Waals surface area contributed by atoms with E-state index in [9.17, 15) is 8.78 Å². The second-order valence-corrected chi connectivity index (χ2v) is 7.93. The minimum Gasteiger partial charge on any atom is -0.367 e. The van der Waals surface area contributed by atoms with Gasteiger partial charge in [-0.3, -0.25) is 4.99 Å². The Bertz CT molecular complexity index is 689. The van der Waals surface area contributed by atoms with Crippen molar-refractivity contribution in [3.8, 4) is 0 Å². The number of aliphatic imine (C=N–C) groups is 1. The van der Waals surface area contributed by atoms with E-state index in [2.05, 4.69) is 34.4 Å². The first-order valence-electron chi connectivity index (χ1n) is 10.7. The molecule has 0 aromatic heterocycles. The van der Waals surface area contributed by atoms with Gasteiger partial charge in [0, 0.05) is 51.4 Å². The third-order valence-corrected chi connectivity index (χ3v) is 5.62. The van der Waals surface area contributed by atoms with Crippen LogP contribution in [-0.2, 0) is 0 Å². The maximum atomic E-state index is 14.1. The quantitative estimate of drug-likeness (QED) is 0.332. The summed E-state index contributed by atoms with van der Waals surface area (Å²) in [6, 6.07) is 3.96. The van der Waals surface area contributed by atoms with Gasteiger partial charge in [0.2, 0.25) is 0 Å². The number of guanidine groups is 1. The highest BCUT2D eigenvalue weighted by atomic mass is 127. The third kappa shape index (κ3) is 7.49. The Morgan fingerprint density at radius 2 is 2.00 bits per heavy atom. The van der Waals surface area contributed by atoms with Gasteiger partial charge in [-0.1, -0.05) is 0 Å². The van der Waals surface area contributed by atoms with Crippen LogP contribution in [0.3, 0.4) is 0 Å². The van der Waals surface area contributed by atoms with Gasteiger partial charge in [-0.15, -0.1) is 24.0 Å². The Labute approximate surface area is 196 Å². The molecule has 0 bridgehead atoms. The molecule has 170 valence electrons. The number of likely N-dealkylation sites (N-methyl/N-ethyl adjacent to an activating group) is 1. The second-order valence-electron chi connectivity index (χ2n) is 7.93. The minimum atomic E-state index is -0.544. The average Bonchev–Trinajstić information content (AvgIpc) is 3.03. The molecule has 0 amide bonds. The van der Waals surface area contributed by atoms with Crippen LogP contribution in [0.15, 0.2) is 23.2 Å². The number of hydrogen-bond donors (Lipinski definition) is 2. The molecule has 3 rings (SSSR count). The molecule has 2 fully saturated rings. The largest absolute Gasteiger partial charge is 0.367 e. The molecule has 0 spiro atoms. The van der Waals surface area contributed by atoms with Gasteiger partial charge in [0.25, 0.3) is 0 Å². The van der Waals surface area contributed by atoms with Crippen LogP contribution in [-0.4, -0.2) is 87.8 Å². The topological polar surface area (TPSA) is 46.1 Å². The fourth-order valence-electron chi connectivity index (χ4n) is 3.97. The Hall–Kier alpha value is -1.20. The molecule has 2 aliphatic heterocycles. The highest BCUT2D eigenvalue weighted by Crippen LogP contribution is 2.24. The van der Waals surface area contributed by atoms with E-state index in [-0.39, 0.29) is 30.0 Å². The summed E-state index contributed by atoms with van der Waals surface area (Å²) in [7, 11) is 2.18. The molecule has 6 nitrogen and oxygen atoms in total. The van der Waals surface area contributed by atoms with E-state index in [0.29, 0.717) is 12.2 Å². The van der Waals surface area contributed by atoms with Crippen LogP contribution in [0.1, 0.15) is 19.8 Å². The van der Waals surface area contributed by atoms with Crippen LogP contribution >= 0.6 is 24.0 Å². The van der Waals surface area contributed by atoms with E-state index in [1.54, 1.807) is 0 Å². The Morgan fingerprint density at radius 3 is 2.77 bits per heavy atom. The van der Waals surface area contributed by atoms with Crippen LogP contribution < -0.4 is 15.5 Å². The summed E-state index contributed by atoms with van der Waals surface area (Å²) in [5.74, 6) is -0.238. The number of nitrogens with one attached hydrogen (secondary N) is 2. The van der Waals surface area contributed by atoms with Crippen LogP contribution in [0.5, 0.6) is 0 Å². The highest BCUT2D eigenvalue weighted by Gasteiger charge is 2.25. The number of anilines is 1. The van der Waals surface area contributed by atoms with Crippen LogP contribution in [0.4, 0.5) is 14.5 Å². The van der Waals surface area contributed by atoms with Crippen molar-refractivity contribution >= 4 is 35.6 Å². The fraction of sp³-hybridized carbons (Fsp3) is 0.667. The molecule has 1 unspecified atom stereocenters. The third-order valence-electron chi connectivity index (χ3n) is 5.62. The van der Waals surface area contributed by atoms with Crippen molar-refractivity contribution in [2.75, 3.05) is 70.9 Å². The molecule has 0 saturated carbocycles. The lowest BCUT2D eigenvalue weighted by atomic mass is 10.2. The normalized spacial score (nSPS) is 21.3. The maximum absolute atomic E-state index is 14.1. The number of hydrogen-bond acceptors (Lipinski definition) is 4. The molecular weight excluding hydrogens is 501 g/mol. The SMILES string of the molecule is CCNC(=NCCN1CCCN(C)CC1)NC1CCN(c2ccc(F)cc2F)C1.I. The molecule has 0 radical (unpaired) electrons. The smallest absolute Gasteiger partial charge is 0.191 e. The molecule has 1 aromatic rings. The summed E-state index contributed by atoms with van der Waals surface area (Å²) >= 11 is 0. The molecular formula is C21H35F2IN6. The van der Waals surface area contributed by atoms with Gasteiger partial charge in [-0.2, -0.15) is 0 Å². The molecule has 1 aromatic carbocycles. The number of rotatable bonds is 6. The molecule has 2 aliphatic rings. The van der Waals surface area contributed by atoms with Crippen LogP contribution in [0, 0.1) is 11.6 Å². The molecule has 9 heteroatoms. The first kappa shape index (κ1) is 25.1. The van der Waals surface area contributed by atoms with Crippen molar-refractivity contribution in [3.63, 3.8) is 0 Å². The van der Waals surface area contributed by atoms with E-state index in [0.717, 1.165) is 70.8 Å². The maximum Gasteiger partial charge on any atom is 0.191 e. The second kappa shape index (κ2) is 12.6. The highest BCUT2D eigenvalue weighted by molar-refractivity contribution is 14.0. The monoisotopic (exact) mass is 536 g/mol. The molecule has 2 saturated heterocycles. The van der Waals surface area contributed by atoms with Crippen LogP contribution in [0.25, 0.3) is 0 Å². The number of benzene rings is 1. The van der Waals surface area contributed by atoms with Gasteiger partial charge in [-0.25, -0.2) is 8.78 Å². The lowest BCUT2D eigenvalue weighted by Gasteiger charge is -2.21. The van der Waals surface area contributed by atoms with Crippen molar-refractivity contribution in [1.29, 1.82) is 0 Å². The van der Waals surface area contributed by atoms with Crippen molar-refractivity contribution in [2.45, 2.75) is 25.8 Å². The number of nitrogens with zero attached hydrogens (tertiary/aromatic N) is 4. The Balaban J connectivity index is 0.00000320. The lowest BCUT2D eigenvalue weighted by molar-refractivity contribution is 0.283. The summed E-state index contributed by atoms with van der Waals surface area (Å²) in [5, 5.41) is 6.79. The molecule has 1 atom stereocenters. The molecule has 2 heterocycles. The van der Waals surface area contributed by atoms with Gasteiger partial charge in [0.05, 0.1) is 12.2 Å². The van der Waals surface area contributed by atoms with Gasteiger partial charge in [0.1, 0.15) is 11.6 Å². The van der Waals surface area contributed by atoms with E-state index < -0.39 is 11.6 Å². The van der Waals surface area contributed by atoms with Crippen molar-refractivity contribution in [2.24, 2.45) is 4.99 Å². The zero-order valence-corrected chi connectivity index (χ0v) is 20.4. The zero-order valence-electron chi connectivity index (χ0n) is 18.0. The molecule has 0 aliphatic carbocycles. The van der Waals surface area contributed by atoms with E-state index in [1.165, 1.54) is 18.6 Å². The summed E-state index contributed by atoms with van der Waals surface area (Å²) in [6.45, 7) is 10.5. The molecule has 30 heavy (non-hydrogen) atoms. The zero-order chi connectivity index (χ0) is 20.6. The van der Waals surface area contributed by atoms with Gasteiger partial charge < -0.3 is 25.3 Å². The predicted molar refractivity (Wildman–Crippen MR) is 130 cm³/mol. The number of halogens is 3. The average molecular weight is 536 g/mol. The summed E-state index contributed by atoms with van der Waals surface area (Å²) in [4.78, 5) is 11.6. The predicted octanol–water partition coefficient (Wildman–Crippen LogP) is 2.35. The minimum absolute atomic E-state index is 0. The van der Waals surface area contributed by atoms with E-state index >= 15 is 0 Å². The summed E-state index contributed by atoms with van der Waals surface area (Å²) < 4.78 is 27.2. The van der Waals surface area contributed by atoms with Crippen LogP contribution in [0.2, 0.25) is 0 Å². The lowest BCUT2D eigenvalue weighted by Crippen LogP contribution is -2.45. The summed E-state index contributed by atoms with van der Waals surface area (Å²) in [6.07, 6.45) is 2.09. The van der Waals surface area contributed by atoms with Gasteiger partial charge in [0.15, 0.2) is 5.96 Å². The van der Waals surface area contributed by atoms with Crippen molar-refractivity contribution < 1.29 is 8.78 Å². The van der Waals surface area contributed by atoms with E-state index in [4.69, 9.17) is 4.99 Å². The van der Waals surface area contributed by atoms with Crippen molar-refractivity contribution in [3.05, 3.63) is 29.8 Å². The van der Waals surface area contributed by atoms with Gasteiger partial charge >= 0.3 is 0 Å². The summed E-state index contributed by atoms with van der Waals surface area (Å²) in [5.41, 5.74) is 0.462. The first-order valence-corrected chi connectivity index (χ1v) is 10.7. The standard InChI is InChI=1S/C21H34F2N6.HI/c1-3-24-21(25-8-12-28-10-4-9-27(2)13-14-28)26-18-7-11-29(16-18)20-6-5-17(22)15-19(20)23;/h5-6,15,18H,3-4,7-14,16H2,1-2H3,(H2,24,25,26);1H. The van der Waals surface area contributed by atoms with Gasteiger partial charge in [-0.05, 0) is 52.0 Å².